The van der Waals surface area contributed by atoms with Gasteiger partial charge >= 0.3 is 6.18 Å². The number of carbonyl (C=O) groups is 1. The molecule has 1 amide bonds. The van der Waals surface area contributed by atoms with Gasteiger partial charge in [0.25, 0.3) is 5.91 Å². The first-order chi connectivity index (χ1) is 12.4. The van der Waals surface area contributed by atoms with Crippen LogP contribution in [0.1, 0.15) is 16.1 Å². The van der Waals surface area contributed by atoms with Gasteiger partial charge in [-0.15, -0.1) is 0 Å². The first kappa shape index (κ1) is 17.4. The van der Waals surface area contributed by atoms with Gasteiger partial charge in [-0.25, -0.2) is 9.97 Å². The molecule has 1 aromatic heterocycles. The van der Waals surface area contributed by atoms with Crippen LogP contribution in [0.4, 0.5) is 30.4 Å². The van der Waals surface area contributed by atoms with E-state index in [1.54, 1.807) is 0 Å². The number of aromatic nitrogens is 2. The maximum Gasteiger partial charge on any atom is 0.416 e. The van der Waals surface area contributed by atoms with Crippen molar-refractivity contribution in [2.24, 2.45) is 0 Å². The smallest absolute Gasteiger partial charge is 0.339 e. The third-order valence-electron chi connectivity index (χ3n) is 3.40. The van der Waals surface area contributed by atoms with Gasteiger partial charge in [0.1, 0.15) is 11.5 Å². The monoisotopic (exact) mass is 358 g/mol. The molecule has 0 radical (unpaired) electrons. The fourth-order valence-electron chi connectivity index (χ4n) is 2.12. The maximum atomic E-state index is 12.5. The van der Waals surface area contributed by atoms with Crippen LogP contribution < -0.4 is 10.6 Å². The lowest BCUT2D eigenvalue weighted by atomic mass is 10.2. The maximum absolute atomic E-state index is 12.5. The lowest BCUT2D eigenvalue weighted by Crippen LogP contribution is -2.14. The molecule has 2 N–H and O–H groups in total. The molecule has 0 atom stereocenters. The zero-order valence-electron chi connectivity index (χ0n) is 13.3. The van der Waals surface area contributed by atoms with Crippen molar-refractivity contribution in [3.05, 3.63) is 78.2 Å². The van der Waals surface area contributed by atoms with Gasteiger partial charge < -0.3 is 10.6 Å². The number of hydrogen-bond acceptors (Lipinski definition) is 4. The Morgan fingerprint density at radius 2 is 1.54 bits per heavy atom. The average Bonchev–Trinajstić information content (AvgIpc) is 2.63. The van der Waals surface area contributed by atoms with Crippen LogP contribution in [0.25, 0.3) is 0 Å². The second kappa shape index (κ2) is 7.22. The molecular formula is C18H13F3N4O. The van der Waals surface area contributed by atoms with Gasteiger partial charge in [-0.3, -0.25) is 4.79 Å². The molecule has 0 fully saturated rings. The molecule has 0 aliphatic heterocycles. The minimum Gasteiger partial charge on any atom is -0.339 e. The highest BCUT2D eigenvalue weighted by atomic mass is 19.4. The number of alkyl halides is 3. The van der Waals surface area contributed by atoms with Gasteiger partial charge in [-0.05, 0) is 36.4 Å². The van der Waals surface area contributed by atoms with Crippen molar-refractivity contribution in [2.45, 2.75) is 6.18 Å². The molecule has 5 nitrogen and oxygen atoms in total. The number of nitrogens with zero attached hydrogens (tertiary/aromatic N) is 2. The van der Waals surface area contributed by atoms with E-state index >= 15 is 0 Å². The Labute approximate surface area is 146 Å². The standard InChI is InChI=1S/C18H13F3N4O/c19-18(20,21)12-6-8-14(9-7-12)25-17(26)15-10-23-16(11-22-15)24-13-4-2-1-3-5-13/h1-11H,(H,23,24)(H,25,26). The summed E-state index contributed by atoms with van der Waals surface area (Å²) in [6.07, 6.45) is -1.74. The molecule has 0 aliphatic carbocycles. The Bertz CT molecular complexity index is 879. The SMILES string of the molecule is O=C(Nc1ccc(C(F)(F)F)cc1)c1cnc(Nc2ccccc2)cn1. The molecular weight excluding hydrogens is 345 g/mol. The van der Waals surface area contributed by atoms with E-state index in [1.165, 1.54) is 24.5 Å². The fourth-order valence-corrected chi connectivity index (χ4v) is 2.12. The number of amides is 1. The van der Waals surface area contributed by atoms with Crippen LogP contribution in [0.2, 0.25) is 0 Å². The van der Waals surface area contributed by atoms with Crippen molar-refractivity contribution in [3.63, 3.8) is 0 Å². The number of carbonyl (C=O) groups excluding carboxylic acids is 1. The van der Waals surface area contributed by atoms with E-state index < -0.39 is 17.6 Å². The molecule has 8 heteroatoms. The lowest BCUT2D eigenvalue weighted by molar-refractivity contribution is -0.137. The molecule has 26 heavy (non-hydrogen) atoms. The van der Waals surface area contributed by atoms with E-state index in [9.17, 15) is 18.0 Å². The second-order valence-electron chi connectivity index (χ2n) is 5.31. The van der Waals surface area contributed by atoms with Crippen LogP contribution >= 0.6 is 0 Å². The molecule has 0 spiro atoms. The minimum atomic E-state index is -4.42. The third-order valence-corrected chi connectivity index (χ3v) is 3.40. The zero-order chi connectivity index (χ0) is 18.6. The van der Waals surface area contributed by atoms with Crippen LogP contribution in [0.3, 0.4) is 0 Å². The zero-order valence-corrected chi connectivity index (χ0v) is 13.3. The summed E-state index contributed by atoms with van der Waals surface area (Å²) >= 11 is 0. The van der Waals surface area contributed by atoms with E-state index in [1.807, 2.05) is 30.3 Å². The van der Waals surface area contributed by atoms with Gasteiger partial charge in [0.15, 0.2) is 0 Å². The van der Waals surface area contributed by atoms with Crippen molar-refractivity contribution in [1.29, 1.82) is 0 Å². The predicted octanol–water partition coefficient (Wildman–Crippen LogP) is 4.49. The summed E-state index contributed by atoms with van der Waals surface area (Å²) in [6, 6.07) is 13.5. The van der Waals surface area contributed by atoms with E-state index in [2.05, 4.69) is 20.6 Å². The first-order valence-electron chi connectivity index (χ1n) is 7.54. The number of benzene rings is 2. The summed E-state index contributed by atoms with van der Waals surface area (Å²) in [6.45, 7) is 0. The second-order valence-corrected chi connectivity index (χ2v) is 5.31. The summed E-state index contributed by atoms with van der Waals surface area (Å²) < 4.78 is 37.6. The number of nitrogens with one attached hydrogen (secondary N) is 2. The molecule has 132 valence electrons. The predicted molar refractivity (Wildman–Crippen MR) is 91.2 cm³/mol. The fraction of sp³-hybridized carbons (Fsp3) is 0.0556. The molecule has 0 saturated heterocycles. The average molecular weight is 358 g/mol. The molecule has 0 unspecified atom stereocenters. The minimum absolute atomic E-state index is 0.0449. The summed E-state index contributed by atoms with van der Waals surface area (Å²) in [4.78, 5) is 20.2. The van der Waals surface area contributed by atoms with E-state index in [0.29, 0.717) is 5.82 Å². The first-order valence-corrected chi connectivity index (χ1v) is 7.54. The summed E-state index contributed by atoms with van der Waals surface area (Å²) in [5.74, 6) is -0.106. The highest BCUT2D eigenvalue weighted by Gasteiger charge is 2.30. The normalized spacial score (nSPS) is 11.0. The van der Waals surface area contributed by atoms with Crippen molar-refractivity contribution < 1.29 is 18.0 Å². The Balaban J connectivity index is 1.64. The van der Waals surface area contributed by atoms with Crippen LogP contribution in [0.15, 0.2) is 67.0 Å². The quantitative estimate of drug-likeness (QED) is 0.721. The Kier molecular flexibility index (Phi) is 4.83. The van der Waals surface area contributed by atoms with E-state index in [0.717, 1.165) is 17.8 Å². The van der Waals surface area contributed by atoms with Gasteiger partial charge in [0.05, 0.1) is 18.0 Å². The number of rotatable bonds is 4. The van der Waals surface area contributed by atoms with Crippen LogP contribution in [-0.2, 0) is 6.18 Å². The Morgan fingerprint density at radius 3 is 2.12 bits per heavy atom. The number of halogens is 3. The van der Waals surface area contributed by atoms with Crippen molar-refractivity contribution in [1.82, 2.24) is 9.97 Å². The molecule has 0 aliphatic rings. The Morgan fingerprint density at radius 1 is 0.846 bits per heavy atom. The van der Waals surface area contributed by atoms with Gasteiger partial charge in [-0.1, -0.05) is 18.2 Å². The van der Waals surface area contributed by atoms with Crippen molar-refractivity contribution >= 4 is 23.1 Å². The van der Waals surface area contributed by atoms with Crippen LogP contribution in [-0.4, -0.2) is 15.9 Å². The highest BCUT2D eigenvalue weighted by Crippen LogP contribution is 2.29. The molecule has 2 aromatic carbocycles. The number of hydrogen-bond donors (Lipinski definition) is 2. The van der Waals surface area contributed by atoms with Gasteiger partial charge in [-0.2, -0.15) is 13.2 Å². The van der Waals surface area contributed by atoms with Crippen molar-refractivity contribution in [2.75, 3.05) is 10.6 Å². The molecule has 0 saturated carbocycles. The number of anilines is 3. The topological polar surface area (TPSA) is 66.9 Å². The lowest BCUT2D eigenvalue weighted by Gasteiger charge is -2.09. The summed E-state index contributed by atoms with van der Waals surface area (Å²) in [5.41, 5.74) is 0.315. The van der Waals surface area contributed by atoms with Crippen LogP contribution in [0.5, 0.6) is 0 Å². The summed E-state index contributed by atoms with van der Waals surface area (Å²) in [5, 5.41) is 5.51. The van der Waals surface area contributed by atoms with E-state index in [-0.39, 0.29) is 11.4 Å². The van der Waals surface area contributed by atoms with E-state index in [4.69, 9.17) is 0 Å². The molecule has 3 aromatic rings. The largest absolute Gasteiger partial charge is 0.416 e. The summed E-state index contributed by atoms with van der Waals surface area (Å²) in [7, 11) is 0. The molecule has 3 rings (SSSR count). The van der Waals surface area contributed by atoms with Gasteiger partial charge in [0.2, 0.25) is 0 Å². The number of para-hydroxylation sites is 1. The molecule has 1 heterocycles. The Hall–Kier alpha value is -3.42. The highest BCUT2D eigenvalue weighted by molar-refractivity contribution is 6.02. The van der Waals surface area contributed by atoms with Gasteiger partial charge in [0, 0.05) is 11.4 Å². The van der Waals surface area contributed by atoms with Crippen LogP contribution in [0, 0.1) is 0 Å². The van der Waals surface area contributed by atoms with Crippen molar-refractivity contribution in [3.8, 4) is 0 Å². The third kappa shape index (κ3) is 4.35. The molecule has 0 bridgehead atoms.